The van der Waals surface area contributed by atoms with Crippen molar-refractivity contribution in [2.45, 2.75) is 43.8 Å². The van der Waals surface area contributed by atoms with E-state index in [1.807, 2.05) is 11.8 Å². The Kier molecular flexibility index (Phi) is 4.20. The van der Waals surface area contributed by atoms with Gasteiger partial charge in [0.1, 0.15) is 0 Å². The van der Waals surface area contributed by atoms with Crippen LogP contribution in [-0.4, -0.2) is 34.0 Å². The summed E-state index contributed by atoms with van der Waals surface area (Å²) in [5.41, 5.74) is 0. The second-order valence-electron chi connectivity index (χ2n) is 5.60. The maximum Gasteiger partial charge on any atom is 0.307 e. The number of hydrogen-bond acceptors (Lipinski definition) is 3. The number of hydrogen-bond donors (Lipinski definition) is 2. The molecule has 1 aliphatic carbocycles. The molecule has 0 aromatic rings. The van der Waals surface area contributed by atoms with Gasteiger partial charge < -0.3 is 10.4 Å². The van der Waals surface area contributed by atoms with E-state index >= 15 is 0 Å². The number of nitrogens with one attached hydrogen (secondary N) is 1. The lowest BCUT2D eigenvalue weighted by Crippen LogP contribution is -2.41. The first-order valence-electron chi connectivity index (χ1n) is 6.66. The van der Waals surface area contributed by atoms with Gasteiger partial charge in [-0.2, -0.15) is 11.8 Å². The van der Waals surface area contributed by atoms with Gasteiger partial charge in [-0.1, -0.05) is 6.42 Å². The maximum absolute atomic E-state index is 12.1. The third-order valence-corrected chi connectivity index (χ3v) is 5.65. The number of carbonyl (C=O) groups excluding carboxylic acids is 1. The van der Waals surface area contributed by atoms with E-state index in [1.165, 1.54) is 6.42 Å². The van der Waals surface area contributed by atoms with Crippen LogP contribution in [-0.2, 0) is 9.59 Å². The minimum atomic E-state index is -0.825. The minimum absolute atomic E-state index is 0.0615. The Bertz CT molecular complexity index is 339. The Hall–Kier alpha value is -0.710. The van der Waals surface area contributed by atoms with E-state index in [1.54, 1.807) is 0 Å². The highest BCUT2D eigenvalue weighted by atomic mass is 32.2. The van der Waals surface area contributed by atoms with Gasteiger partial charge in [0, 0.05) is 11.3 Å². The Morgan fingerprint density at radius 2 is 2.06 bits per heavy atom. The number of carbonyl (C=O) groups is 2. The molecule has 2 N–H and O–H groups in total. The molecule has 2 aliphatic rings. The Labute approximate surface area is 112 Å². The summed E-state index contributed by atoms with van der Waals surface area (Å²) < 4.78 is 0.146. The van der Waals surface area contributed by atoms with E-state index in [9.17, 15) is 9.59 Å². The number of amides is 1. The van der Waals surface area contributed by atoms with Crippen LogP contribution in [0.25, 0.3) is 0 Å². The monoisotopic (exact) mass is 271 g/mol. The van der Waals surface area contributed by atoms with Crippen LogP contribution >= 0.6 is 11.8 Å². The van der Waals surface area contributed by atoms with Gasteiger partial charge >= 0.3 is 5.97 Å². The summed E-state index contributed by atoms with van der Waals surface area (Å²) >= 11 is 1.91. The second kappa shape index (κ2) is 5.51. The fourth-order valence-corrected chi connectivity index (χ4v) is 4.20. The lowest BCUT2D eigenvalue weighted by Gasteiger charge is -2.24. The van der Waals surface area contributed by atoms with Gasteiger partial charge in [-0.05, 0) is 38.4 Å². The molecule has 1 heterocycles. The molecule has 1 saturated carbocycles. The van der Waals surface area contributed by atoms with Crippen molar-refractivity contribution in [1.29, 1.82) is 0 Å². The van der Waals surface area contributed by atoms with Gasteiger partial charge in [-0.3, -0.25) is 9.59 Å². The summed E-state index contributed by atoms with van der Waals surface area (Å²) in [4.78, 5) is 23.1. The number of carboxylic acid groups (broad SMARTS) is 1. The molecule has 0 aromatic carbocycles. The molecule has 0 bridgehead atoms. The van der Waals surface area contributed by atoms with E-state index < -0.39 is 11.9 Å². The molecular weight excluding hydrogens is 250 g/mol. The van der Waals surface area contributed by atoms with Crippen LogP contribution in [0.4, 0.5) is 0 Å². The Morgan fingerprint density at radius 1 is 1.33 bits per heavy atom. The van der Waals surface area contributed by atoms with Crippen molar-refractivity contribution in [3.05, 3.63) is 0 Å². The van der Waals surface area contributed by atoms with Crippen LogP contribution in [0.5, 0.6) is 0 Å². The second-order valence-corrected chi connectivity index (χ2v) is 7.28. The molecule has 2 fully saturated rings. The van der Waals surface area contributed by atoms with E-state index in [-0.39, 0.29) is 16.6 Å². The first kappa shape index (κ1) is 13.7. The predicted octanol–water partition coefficient (Wildman–Crippen LogP) is 1.89. The fraction of sp³-hybridized carbons (Fsp3) is 0.846. The highest BCUT2D eigenvalue weighted by Gasteiger charge is 2.38. The smallest absolute Gasteiger partial charge is 0.307 e. The Balaban J connectivity index is 1.86. The van der Waals surface area contributed by atoms with Gasteiger partial charge in [0.25, 0.3) is 0 Å². The van der Waals surface area contributed by atoms with Gasteiger partial charge in [-0.15, -0.1) is 0 Å². The molecule has 0 aromatic heterocycles. The van der Waals surface area contributed by atoms with E-state index in [0.717, 1.165) is 18.6 Å². The summed E-state index contributed by atoms with van der Waals surface area (Å²) in [6, 6.07) is 0. The van der Waals surface area contributed by atoms with Crippen LogP contribution in [0, 0.1) is 11.8 Å². The van der Waals surface area contributed by atoms with E-state index in [4.69, 9.17) is 5.11 Å². The lowest BCUT2D eigenvalue weighted by molar-refractivity contribution is -0.146. The van der Waals surface area contributed by atoms with E-state index in [0.29, 0.717) is 19.4 Å². The van der Waals surface area contributed by atoms with Crippen molar-refractivity contribution in [1.82, 2.24) is 5.32 Å². The fourth-order valence-electron chi connectivity index (χ4n) is 2.95. The number of carboxylic acids is 1. The largest absolute Gasteiger partial charge is 0.481 e. The SMILES string of the molecule is CC1(CNC(=O)[C@@H]2CCC[C@@H]2C(=O)O)CCCS1. The van der Waals surface area contributed by atoms with Crippen molar-refractivity contribution >= 4 is 23.6 Å². The maximum atomic E-state index is 12.1. The molecule has 1 amide bonds. The summed E-state index contributed by atoms with van der Waals surface area (Å²) in [7, 11) is 0. The number of rotatable bonds is 4. The first-order chi connectivity index (χ1) is 8.52. The van der Waals surface area contributed by atoms with Gasteiger partial charge in [0.15, 0.2) is 0 Å². The highest BCUT2D eigenvalue weighted by Crippen LogP contribution is 2.37. The van der Waals surface area contributed by atoms with Crippen LogP contribution in [0.2, 0.25) is 0 Å². The average molecular weight is 271 g/mol. The predicted molar refractivity (Wildman–Crippen MR) is 71.6 cm³/mol. The van der Waals surface area contributed by atoms with Crippen molar-refractivity contribution in [3.8, 4) is 0 Å². The zero-order chi connectivity index (χ0) is 13.2. The molecule has 102 valence electrons. The molecule has 5 heteroatoms. The standard InChI is InChI=1S/C13H21NO3S/c1-13(6-3-7-18-13)8-14-11(15)9-4-2-5-10(9)12(16)17/h9-10H,2-8H2,1H3,(H,14,15)(H,16,17)/t9-,10+,13?/m1/s1. The number of aliphatic carboxylic acids is 1. The van der Waals surface area contributed by atoms with Crippen molar-refractivity contribution < 1.29 is 14.7 Å². The van der Waals surface area contributed by atoms with Crippen LogP contribution in [0.3, 0.4) is 0 Å². The molecule has 0 spiro atoms. The van der Waals surface area contributed by atoms with Crippen molar-refractivity contribution in [2.75, 3.05) is 12.3 Å². The van der Waals surface area contributed by atoms with Gasteiger partial charge in [0.2, 0.25) is 5.91 Å². The third-order valence-electron chi connectivity index (χ3n) is 4.11. The molecule has 1 aliphatic heterocycles. The van der Waals surface area contributed by atoms with Crippen molar-refractivity contribution in [2.24, 2.45) is 11.8 Å². The minimum Gasteiger partial charge on any atom is -0.481 e. The van der Waals surface area contributed by atoms with Crippen LogP contribution < -0.4 is 5.32 Å². The summed E-state index contributed by atoms with van der Waals surface area (Å²) in [5.74, 6) is -0.526. The third kappa shape index (κ3) is 2.99. The summed E-state index contributed by atoms with van der Waals surface area (Å²) in [5, 5.41) is 12.0. The topological polar surface area (TPSA) is 66.4 Å². The van der Waals surface area contributed by atoms with Crippen LogP contribution in [0.1, 0.15) is 39.0 Å². The normalized spacial score (nSPS) is 35.6. The molecule has 1 unspecified atom stereocenters. The quantitative estimate of drug-likeness (QED) is 0.819. The van der Waals surface area contributed by atoms with Crippen molar-refractivity contribution in [3.63, 3.8) is 0 Å². The molecule has 18 heavy (non-hydrogen) atoms. The average Bonchev–Trinajstić information content (AvgIpc) is 2.95. The molecule has 2 rings (SSSR count). The lowest BCUT2D eigenvalue weighted by atomic mass is 9.95. The molecule has 4 nitrogen and oxygen atoms in total. The van der Waals surface area contributed by atoms with E-state index in [2.05, 4.69) is 12.2 Å². The Morgan fingerprint density at radius 3 is 2.67 bits per heavy atom. The van der Waals surface area contributed by atoms with Gasteiger partial charge in [0.05, 0.1) is 11.8 Å². The molecule has 1 saturated heterocycles. The van der Waals surface area contributed by atoms with Gasteiger partial charge in [-0.25, -0.2) is 0 Å². The first-order valence-corrected chi connectivity index (χ1v) is 7.65. The summed E-state index contributed by atoms with van der Waals surface area (Å²) in [6.45, 7) is 2.84. The summed E-state index contributed by atoms with van der Waals surface area (Å²) in [6.07, 6.45) is 4.54. The van der Waals surface area contributed by atoms with Crippen LogP contribution in [0.15, 0.2) is 0 Å². The zero-order valence-electron chi connectivity index (χ0n) is 10.8. The number of thioether (sulfide) groups is 1. The highest BCUT2D eigenvalue weighted by molar-refractivity contribution is 8.00. The molecule has 0 radical (unpaired) electrons. The molecule has 3 atom stereocenters. The zero-order valence-corrected chi connectivity index (χ0v) is 11.6. The molecular formula is C13H21NO3S.